The van der Waals surface area contributed by atoms with Crippen molar-refractivity contribution < 1.29 is 14.3 Å². The van der Waals surface area contributed by atoms with Crippen molar-refractivity contribution in [3.8, 4) is 10.4 Å². The number of carbonyl (C=O) groups excluding carboxylic acids is 2. The van der Waals surface area contributed by atoms with Gasteiger partial charge in [-0.25, -0.2) is 4.99 Å². The monoisotopic (exact) mass is 483 g/mol. The number of ether oxygens (including phenoxy) is 1. The highest BCUT2D eigenvalue weighted by atomic mass is 32.1. The third kappa shape index (κ3) is 4.86. The van der Waals surface area contributed by atoms with E-state index in [1.807, 2.05) is 40.1 Å². The summed E-state index contributed by atoms with van der Waals surface area (Å²) >= 11 is 1.64. The van der Waals surface area contributed by atoms with Crippen molar-refractivity contribution in [1.29, 1.82) is 0 Å². The van der Waals surface area contributed by atoms with Crippen LogP contribution < -0.4 is 10.2 Å². The van der Waals surface area contributed by atoms with Crippen LogP contribution in [0.4, 0.5) is 5.00 Å². The van der Waals surface area contributed by atoms with Crippen molar-refractivity contribution in [1.82, 2.24) is 15.1 Å². The Morgan fingerprint density at radius 1 is 1.29 bits per heavy atom. The summed E-state index contributed by atoms with van der Waals surface area (Å²) in [6, 6.07) is 0.391. The second-order valence-corrected chi connectivity index (χ2v) is 10.0. The molecule has 4 heterocycles. The number of carbonyl (C=O) groups is 2. The first kappa shape index (κ1) is 24.3. The molecule has 0 aromatic carbocycles. The van der Waals surface area contributed by atoms with Crippen LogP contribution in [0.3, 0.4) is 0 Å². The summed E-state index contributed by atoms with van der Waals surface area (Å²) < 4.78 is 7.32. The zero-order valence-electron chi connectivity index (χ0n) is 20.6. The maximum atomic E-state index is 13.6. The summed E-state index contributed by atoms with van der Waals surface area (Å²) in [5.41, 5.74) is 4.16. The topological polar surface area (TPSA) is 88.8 Å². The summed E-state index contributed by atoms with van der Waals surface area (Å²) in [5, 5.41) is 8.47. The van der Waals surface area contributed by atoms with Gasteiger partial charge in [-0.15, -0.1) is 11.3 Å². The van der Waals surface area contributed by atoms with Crippen LogP contribution in [-0.4, -0.2) is 59.7 Å². The highest BCUT2D eigenvalue weighted by molar-refractivity contribution is 7.20. The van der Waals surface area contributed by atoms with Crippen LogP contribution in [0.5, 0.6) is 0 Å². The van der Waals surface area contributed by atoms with Gasteiger partial charge in [-0.05, 0) is 52.2 Å². The Bertz CT molecular complexity index is 1140. The molecule has 0 spiro atoms. The normalized spacial score (nSPS) is 19.1. The van der Waals surface area contributed by atoms with E-state index >= 15 is 0 Å². The quantitative estimate of drug-likeness (QED) is 0.648. The summed E-state index contributed by atoms with van der Waals surface area (Å²) in [5.74, 6) is -0.805. The van der Waals surface area contributed by atoms with Crippen LogP contribution >= 0.6 is 11.3 Å². The lowest BCUT2D eigenvalue weighted by atomic mass is 9.95. The minimum Gasteiger partial charge on any atom is -0.381 e. The molecule has 34 heavy (non-hydrogen) atoms. The van der Waals surface area contributed by atoms with Crippen LogP contribution in [0.1, 0.15) is 49.5 Å². The molecular weight excluding hydrogens is 450 g/mol. The molecule has 1 saturated heterocycles. The lowest BCUT2D eigenvalue weighted by Crippen LogP contribution is -2.39. The molecule has 2 amide bonds. The Kier molecular flexibility index (Phi) is 7.33. The van der Waals surface area contributed by atoms with E-state index in [0.717, 1.165) is 59.2 Å². The molecule has 4 rings (SSSR count). The number of aromatic nitrogens is 2. The number of aliphatic imine (C=N–C) groups is 1. The second-order valence-electron chi connectivity index (χ2n) is 9.01. The van der Waals surface area contributed by atoms with Gasteiger partial charge in [-0.3, -0.25) is 14.3 Å². The van der Waals surface area contributed by atoms with Gasteiger partial charge in [0.15, 0.2) is 0 Å². The van der Waals surface area contributed by atoms with E-state index in [9.17, 15) is 9.59 Å². The van der Waals surface area contributed by atoms with E-state index in [0.29, 0.717) is 17.3 Å². The van der Waals surface area contributed by atoms with Crippen LogP contribution in [-0.2, 0) is 16.6 Å². The van der Waals surface area contributed by atoms with E-state index < -0.39 is 5.92 Å². The molecule has 2 aliphatic rings. The smallest absolute Gasteiger partial charge is 0.254 e. The van der Waals surface area contributed by atoms with E-state index in [2.05, 4.69) is 27.2 Å². The number of dihydropyridines is 1. The maximum absolute atomic E-state index is 13.6. The van der Waals surface area contributed by atoms with Crippen LogP contribution in [0.15, 0.2) is 29.0 Å². The fourth-order valence-corrected chi connectivity index (χ4v) is 6.21. The highest BCUT2D eigenvalue weighted by Crippen LogP contribution is 2.43. The number of nitrogens with zero attached hydrogens (tertiary/aromatic N) is 4. The van der Waals surface area contributed by atoms with Gasteiger partial charge in [-0.2, -0.15) is 5.10 Å². The third-order valence-electron chi connectivity index (χ3n) is 6.59. The van der Waals surface area contributed by atoms with Gasteiger partial charge in [0.1, 0.15) is 0 Å². The molecule has 8 nitrogen and oxygen atoms in total. The summed E-state index contributed by atoms with van der Waals surface area (Å²) in [6.07, 6.45) is 7.59. The number of hydrogen-bond donors (Lipinski definition) is 1. The van der Waals surface area contributed by atoms with Gasteiger partial charge in [0.05, 0.1) is 27.6 Å². The van der Waals surface area contributed by atoms with Crippen molar-refractivity contribution in [3.63, 3.8) is 0 Å². The average molecular weight is 484 g/mol. The number of thiophene rings is 1. The molecule has 1 fully saturated rings. The molecule has 0 saturated carbocycles. The minimum absolute atomic E-state index is 0.172. The molecule has 1 unspecified atom stereocenters. The van der Waals surface area contributed by atoms with Crippen molar-refractivity contribution in [2.45, 2.75) is 46.6 Å². The number of aryl methyl sites for hydroxylation is 1. The number of rotatable bonds is 7. The molecule has 0 radical (unpaired) electrons. The van der Waals surface area contributed by atoms with Crippen molar-refractivity contribution in [2.24, 2.45) is 18.0 Å². The zero-order chi connectivity index (χ0) is 24.4. The average Bonchev–Trinajstić information content (AvgIpc) is 3.37. The summed E-state index contributed by atoms with van der Waals surface area (Å²) in [7, 11) is 1.87. The molecule has 1 atom stereocenters. The number of allylic oxidation sites excluding steroid dienone is 1. The molecule has 2 aromatic heterocycles. The van der Waals surface area contributed by atoms with E-state index in [4.69, 9.17) is 4.74 Å². The van der Waals surface area contributed by atoms with Gasteiger partial charge >= 0.3 is 0 Å². The van der Waals surface area contributed by atoms with Gasteiger partial charge in [0.2, 0.25) is 0 Å². The van der Waals surface area contributed by atoms with Gasteiger partial charge in [-0.1, -0.05) is 5.57 Å². The Morgan fingerprint density at radius 3 is 2.65 bits per heavy atom. The van der Waals surface area contributed by atoms with Crippen molar-refractivity contribution in [3.05, 3.63) is 35.2 Å². The second kappa shape index (κ2) is 10.2. The molecule has 1 N–H and O–H groups in total. The van der Waals surface area contributed by atoms with E-state index in [1.54, 1.807) is 22.2 Å². The molecule has 2 aliphatic heterocycles. The first-order valence-corrected chi connectivity index (χ1v) is 12.6. The summed E-state index contributed by atoms with van der Waals surface area (Å²) in [6.45, 7) is 10.5. The van der Waals surface area contributed by atoms with Gasteiger partial charge < -0.3 is 15.0 Å². The largest absolute Gasteiger partial charge is 0.381 e. The van der Waals surface area contributed by atoms with Crippen molar-refractivity contribution >= 4 is 33.9 Å². The fourth-order valence-electron chi connectivity index (χ4n) is 4.80. The Balaban J connectivity index is 1.65. The van der Waals surface area contributed by atoms with Crippen LogP contribution in [0.2, 0.25) is 0 Å². The first-order valence-electron chi connectivity index (χ1n) is 11.8. The fraction of sp³-hybridized carbons (Fsp3) is 0.520. The molecular formula is C25H33N5O3S. The van der Waals surface area contributed by atoms with Crippen LogP contribution in [0.25, 0.3) is 10.4 Å². The molecule has 0 aliphatic carbocycles. The minimum atomic E-state index is -0.428. The molecule has 2 aromatic rings. The number of hydrogen-bond acceptors (Lipinski definition) is 6. The van der Waals surface area contributed by atoms with Gasteiger partial charge in [0, 0.05) is 56.9 Å². The lowest BCUT2D eigenvalue weighted by molar-refractivity contribution is -0.120. The van der Waals surface area contributed by atoms with E-state index in [-0.39, 0.29) is 18.4 Å². The predicted octanol–water partition coefficient (Wildman–Crippen LogP) is 3.76. The SMILES string of the molecule is CCN(c1sc(-c2cnn(C)c2)c(C(=O)NCC2C(=O)N=C(C)C=C2C)c1C)C1CCOCC1. The van der Waals surface area contributed by atoms with Crippen LogP contribution in [0, 0.1) is 12.8 Å². The predicted molar refractivity (Wildman–Crippen MR) is 136 cm³/mol. The Morgan fingerprint density at radius 2 is 2.03 bits per heavy atom. The molecule has 9 heteroatoms. The zero-order valence-corrected chi connectivity index (χ0v) is 21.4. The summed E-state index contributed by atoms with van der Waals surface area (Å²) in [4.78, 5) is 33.4. The standard InChI is InChI=1S/C25H33N5O3S/c1-6-30(19-7-9-33-10-8-19)25-17(4)21(22(34-25)18-12-27-29(5)14-18)24(32)26-13-20-15(2)11-16(3)28-23(20)31/h11-12,14,19-20H,6-10,13H2,1-5H3,(H,26,32). The Hall–Kier alpha value is -2.78. The first-order chi connectivity index (χ1) is 16.3. The van der Waals surface area contributed by atoms with E-state index in [1.165, 1.54) is 0 Å². The van der Waals surface area contributed by atoms with Crippen molar-refractivity contribution in [2.75, 3.05) is 31.2 Å². The number of nitrogens with one attached hydrogen (secondary N) is 1. The molecule has 182 valence electrons. The highest BCUT2D eigenvalue weighted by Gasteiger charge is 2.30. The lowest BCUT2D eigenvalue weighted by Gasteiger charge is -2.34. The number of amides is 2. The number of anilines is 1. The Labute approximate surface area is 204 Å². The third-order valence-corrected chi connectivity index (χ3v) is 7.96. The maximum Gasteiger partial charge on any atom is 0.254 e. The van der Waals surface area contributed by atoms with Gasteiger partial charge in [0.25, 0.3) is 11.8 Å². The molecule has 0 bridgehead atoms.